The topological polar surface area (TPSA) is 152 Å². The first-order valence-corrected chi connectivity index (χ1v) is 12.3. The van der Waals surface area contributed by atoms with Crippen LogP contribution >= 0.6 is 23.3 Å². The number of aromatic nitrogens is 5. The fourth-order valence-corrected chi connectivity index (χ4v) is 4.87. The van der Waals surface area contributed by atoms with Crippen molar-refractivity contribution in [2.24, 2.45) is 0 Å². The van der Waals surface area contributed by atoms with Gasteiger partial charge in [0, 0.05) is 11.1 Å². The highest BCUT2D eigenvalue weighted by Gasteiger charge is 2.28. The maximum absolute atomic E-state index is 13.0. The molecule has 2 aromatic carbocycles. The van der Waals surface area contributed by atoms with Crippen molar-refractivity contribution in [3.63, 3.8) is 0 Å². The van der Waals surface area contributed by atoms with Crippen molar-refractivity contribution in [2.75, 3.05) is 18.9 Å². The van der Waals surface area contributed by atoms with Gasteiger partial charge in [-0.3, -0.25) is 4.79 Å². The number of ether oxygens (including phenoxy) is 2. The Bertz CT molecular complexity index is 1420. The van der Waals surface area contributed by atoms with Crippen molar-refractivity contribution in [2.45, 2.75) is 23.1 Å². The van der Waals surface area contributed by atoms with Crippen LogP contribution < -0.4 is 5.73 Å². The van der Waals surface area contributed by atoms with Gasteiger partial charge in [-0.1, -0.05) is 51.8 Å². The van der Waals surface area contributed by atoms with Crippen LogP contribution in [0.3, 0.4) is 0 Å². The summed E-state index contributed by atoms with van der Waals surface area (Å²) in [6.07, 6.45) is 0. The summed E-state index contributed by atoms with van der Waals surface area (Å²) >= 11 is 1.94. The molecule has 4 rings (SSSR count). The number of nitrogens with two attached hydrogens (primary N) is 1. The van der Waals surface area contributed by atoms with E-state index in [0.29, 0.717) is 21.0 Å². The van der Waals surface area contributed by atoms with Crippen molar-refractivity contribution in [3.8, 4) is 5.69 Å². The van der Waals surface area contributed by atoms with Gasteiger partial charge in [-0.25, -0.2) is 14.3 Å². The van der Waals surface area contributed by atoms with Gasteiger partial charge < -0.3 is 15.2 Å². The number of carbonyl (C=O) groups excluding carboxylic acids is 3. The Hall–Kier alpha value is -4.10. The molecule has 2 heterocycles. The molecule has 0 saturated heterocycles. The quantitative estimate of drug-likeness (QED) is 0.195. The van der Waals surface area contributed by atoms with Crippen LogP contribution in [0.5, 0.6) is 0 Å². The maximum Gasteiger partial charge on any atom is 0.361 e. The molecule has 0 aliphatic rings. The number of ketones is 1. The third kappa shape index (κ3) is 5.11. The number of hydrogen-bond acceptors (Lipinski definition) is 12. The highest BCUT2D eigenvalue weighted by Crippen LogP contribution is 2.37. The number of carbonyl (C=O) groups is 3. The third-order valence-corrected chi connectivity index (χ3v) is 6.71. The predicted molar refractivity (Wildman–Crippen MR) is 132 cm³/mol. The fraction of sp³-hybridized carbons (Fsp3) is 0.174. The van der Waals surface area contributed by atoms with E-state index in [9.17, 15) is 14.4 Å². The second kappa shape index (κ2) is 11.1. The predicted octanol–water partition coefficient (Wildman–Crippen LogP) is 3.44. The lowest BCUT2D eigenvalue weighted by atomic mass is 10.0. The van der Waals surface area contributed by atoms with Crippen LogP contribution in [-0.2, 0) is 9.47 Å². The summed E-state index contributed by atoms with van der Waals surface area (Å²) in [6, 6.07) is 13.5. The summed E-state index contributed by atoms with van der Waals surface area (Å²) in [5.41, 5.74) is 7.61. The summed E-state index contributed by atoms with van der Waals surface area (Å²) in [5.74, 6) is -1.58. The van der Waals surface area contributed by atoms with Crippen LogP contribution in [0.25, 0.3) is 5.69 Å². The van der Waals surface area contributed by atoms with E-state index in [0.717, 1.165) is 23.3 Å². The molecule has 184 valence electrons. The first kappa shape index (κ1) is 25.0. The number of anilines is 1. The molecule has 11 nitrogen and oxygen atoms in total. The van der Waals surface area contributed by atoms with Crippen LogP contribution in [0.4, 0.5) is 5.69 Å². The highest BCUT2D eigenvalue weighted by molar-refractivity contribution is 8.01. The van der Waals surface area contributed by atoms with Gasteiger partial charge >= 0.3 is 11.9 Å². The van der Waals surface area contributed by atoms with E-state index in [-0.39, 0.29) is 41.1 Å². The van der Waals surface area contributed by atoms with Gasteiger partial charge in [0.15, 0.2) is 11.5 Å². The second-order valence-corrected chi connectivity index (χ2v) is 9.09. The summed E-state index contributed by atoms with van der Waals surface area (Å²) in [7, 11) is 0. The number of benzene rings is 2. The van der Waals surface area contributed by atoms with Gasteiger partial charge in [0.1, 0.15) is 9.24 Å². The lowest BCUT2D eigenvalue weighted by Crippen LogP contribution is -2.10. The van der Waals surface area contributed by atoms with Gasteiger partial charge in [-0.05, 0) is 43.6 Å². The van der Waals surface area contributed by atoms with Crippen LogP contribution in [0, 0.1) is 0 Å². The summed E-state index contributed by atoms with van der Waals surface area (Å²) in [5, 5.41) is 12.2. The normalized spacial score (nSPS) is 10.7. The van der Waals surface area contributed by atoms with Crippen molar-refractivity contribution in [1.29, 1.82) is 0 Å². The molecule has 0 saturated carbocycles. The Kier molecular flexibility index (Phi) is 7.71. The molecule has 2 N–H and O–H groups in total. The fourth-order valence-electron chi connectivity index (χ4n) is 3.14. The minimum atomic E-state index is -0.712. The number of hydrogen-bond donors (Lipinski definition) is 1. The largest absolute Gasteiger partial charge is 0.461 e. The van der Waals surface area contributed by atoms with Gasteiger partial charge in [0.25, 0.3) is 0 Å². The smallest absolute Gasteiger partial charge is 0.361 e. The van der Waals surface area contributed by atoms with Gasteiger partial charge in [0.2, 0.25) is 5.69 Å². The van der Waals surface area contributed by atoms with Crippen molar-refractivity contribution < 1.29 is 23.9 Å². The summed E-state index contributed by atoms with van der Waals surface area (Å²) in [6.45, 7) is 3.62. The van der Waals surface area contributed by atoms with Crippen molar-refractivity contribution in [3.05, 3.63) is 71.0 Å². The Balaban J connectivity index is 1.80. The third-order valence-electron chi connectivity index (χ3n) is 4.77. The van der Waals surface area contributed by atoms with E-state index >= 15 is 0 Å². The molecule has 2 aromatic heterocycles. The Morgan fingerprint density at radius 1 is 0.944 bits per heavy atom. The van der Waals surface area contributed by atoms with E-state index < -0.39 is 11.9 Å². The Morgan fingerprint density at radius 3 is 2.33 bits per heavy atom. The summed E-state index contributed by atoms with van der Waals surface area (Å²) in [4.78, 5) is 38.0. The monoisotopic (exact) mass is 524 g/mol. The number of nitrogen functional groups attached to an aromatic ring is 1. The molecule has 0 aliphatic carbocycles. The van der Waals surface area contributed by atoms with Crippen LogP contribution in [0.15, 0.2) is 57.8 Å². The lowest BCUT2D eigenvalue weighted by Gasteiger charge is -2.11. The number of nitrogens with zero attached hydrogens (tertiary/aromatic N) is 5. The zero-order chi connectivity index (χ0) is 25.7. The molecule has 13 heteroatoms. The second-order valence-electron chi connectivity index (χ2n) is 7.08. The number of rotatable bonds is 9. The molecule has 0 amide bonds. The molecule has 0 bridgehead atoms. The Morgan fingerprint density at radius 2 is 1.64 bits per heavy atom. The van der Waals surface area contributed by atoms with E-state index in [2.05, 4.69) is 19.9 Å². The van der Waals surface area contributed by atoms with Crippen LogP contribution in [0.1, 0.15) is 50.7 Å². The molecule has 0 atom stereocenters. The van der Waals surface area contributed by atoms with Crippen LogP contribution in [0.2, 0.25) is 0 Å². The molecule has 0 radical (unpaired) electrons. The average molecular weight is 525 g/mol. The minimum absolute atomic E-state index is 0.00427. The molecule has 4 aromatic rings. The van der Waals surface area contributed by atoms with E-state index in [1.807, 2.05) is 6.07 Å². The standard InChI is InChI=1S/C23H20N6O5S2/c1-3-33-21(31)17-20(35-23-18(26-28-36-23)22(32)34-4-2)29(27-25-17)16-12-14(10-11-15(16)24)19(30)13-8-6-5-7-9-13/h5-12H,3-4,24H2,1-2H3. The molecule has 0 unspecified atom stereocenters. The van der Waals surface area contributed by atoms with E-state index in [1.165, 1.54) is 4.68 Å². The van der Waals surface area contributed by atoms with Crippen molar-refractivity contribution >= 4 is 46.7 Å². The molecular weight excluding hydrogens is 504 g/mol. The minimum Gasteiger partial charge on any atom is -0.461 e. The molecule has 0 spiro atoms. The first-order chi connectivity index (χ1) is 17.4. The van der Waals surface area contributed by atoms with E-state index in [4.69, 9.17) is 15.2 Å². The zero-order valence-corrected chi connectivity index (χ0v) is 20.8. The van der Waals surface area contributed by atoms with Gasteiger partial charge in [-0.2, -0.15) is 0 Å². The van der Waals surface area contributed by atoms with Crippen molar-refractivity contribution in [1.82, 2.24) is 24.6 Å². The van der Waals surface area contributed by atoms with Crippen LogP contribution in [-0.4, -0.2) is 55.5 Å². The van der Waals surface area contributed by atoms with E-state index in [1.54, 1.807) is 56.3 Å². The zero-order valence-electron chi connectivity index (χ0n) is 19.2. The number of esters is 2. The van der Waals surface area contributed by atoms with Gasteiger partial charge in [-0.15, -0.1) is 10.2 Å². The lowest BCUT2D eigenvalue weighted by molar-refractivity contribution is 0.0507. The highest BCUT2D eigenvalue weighted by atomic mass is 32.2. The summed E-state index contributed by atoms with van der Waals surface area (Å²) < 4.78 is 15.7. The average Bonchev–Trinajstić information content (AvgIpc) is 3.52. The molecule has 0 fully saturated rings. The maximum atomic E-state index is 13.0. The SMILES string of the molecule is CCOC(=O)c1nnsc1Sc1c(C(=O)OCC)nnn1-c1cc(C(=O)c2ccccc2)ccc1N. The first-order valence-electron chi connectivity index (χ1n) is 10.7. The molecular formula is C23H20N6O5S2. The molecule has 36 heavy (non-hydrogen) atoms. The Labute approximate surface area is 213 Å². The molecule has 0 aliphatic heterocycles. The van der Waals surface area contributed by atoms with Gasteiger partial charge in [0.05, 0.1) is 24.6 Å².